The van der Waals surface area contributed by atoms with Crippen molar-refractivity contribution < 1.29 is 23.5 Å². The van der Waals surface area contributed by atoms with Gasteiger partial charge in [0.1, 0.15) is 22.7 Å². The molecule has 1 aromatic heterocycles. The number of hydrogen-bond donors (Lipinski definition) is 1. The van der Waals surface area contributed by atoms with Gasteiger partial charge in [-0.25, -0.2) is 4.79 Å². The third-order valence-corrected chi connectivity index (χ3v) is 2.36. The maximum atomic E-state index is 11.5. The second-order valence-corrected chi connectivity index (χ2v) is 5.36. The molecule has 0 aliphatic heterocycles. The van der Waals surface area contributed by atoms with Gasteiger partial charge in [-0.3, -0.25) is 10.1 Å². The van der Waals surface area contributed by atoms with Crippen molar-refractivity contribution in [2.75, 3.05) is 13.7 Å². The molecule has 0 fully saturated rings. The molecule has 0 unspecified atom stereocenters. The number of methoxy groups -OCH3 is 1. The lowest BCUT2D eigenvalue weighted by atomic mass is 10.2. The van der Waals surface area contributed by atoms with Crippen LogP contribution in [-0.2, 0) is 20.8 Å². The van der Waals surface area contributed by atoms with E-state index < -0.39 is 11.6 Å². The highest BCUT2D eigenvalue weighted by Crippen LogP contribution is 2.15. The zero-order valence-corrected chi connectivity index (χ0v) is 12.5. The van der Waals surface area contributed by atoms with Crippen LogP contribution in [-0.4, -0.2) is 31.2 Å². The zero-order chi connectivity index (χ0) is 15.3. The van der Waals surface area contributed by atoms with Gasteiger partial charge >= 0.3 is 11.9 Å². The first-order valence-electron chi connectivity index (χ1n) is 6.33. The summed E-state index contributed by atoms with van der Waals surface area (Å²) in [6, 6.07) is 1.60. The van der Waals surface area contributed by atoms with E-state index in [9.17, 15) is 9.59 Å². The first kappa shape index (κ1) is 16.2. The summed E-state index contributed by atoms with van der Waals surface area (Å²) in [6.07, 6.45) is 0. The Kier molecular flexibility index (Phi) is 5.33. The number of rotatable bonds is 5. The molecule has 0 saturated carbocycles. The molecule has 20 heavy (non-hydrogen) atoms. The summed E-state index contributed by atoms with van der Waals surface area (Å²) in [4.78, 5) is 22.9. The summed E-state index contributed by atoms with van der Waals surface area (Å²) in [5.41, 5.74) is -0.112. The van der Waals surface area contributed by atoms with Crippen LogP contribution in [0.1, 0.15) is 42.6 Å². The van der Waals surface area contributed by atoms with E-state index in [0.29, 0.717) is 23.6 Å². The van der Waals surface area contributed by atoms with Gasteiger partial charge in [0, 0.05) is 0 Å². The third kappa shape index (κ3) is 5.05. The molecular weight excluding hydrogens is 262 g/mol. The first-order valence-corrected chi connectivity index (χ1v) is 6.33. The second kappa shape index (κ2) is 6.56. The van der Waals surface area contributed by atoms with Crippen LogP contribution < -0.4 is 5.32 Å². The Balaban J connectivity index is 2.47. The van der Waals surface area contributed by atoms with Gasteiger partial charge in [-0.2, -0.15) is 0 Å². The summed E-state index contributed by atoms with van der Waals surface area (Å²) >= 11 is 0. The molecule has 0 radical (unpaired) electrons. The molecule has 0 atom stereocenters. The lowest BCUT2D eigenvalue weighted by Gasteiger charge is -2.19. The molecule has 0 spiro atoms. The Labute approximate surface area is 118 Å². The predicted molar refractivity (Wildman–Crippen MR) is 72.3 cm³/mol. The topological polar surface area (TPSA) is 77.8 Å². The van der Waals surface area contributed by atoms with Crippen molar-refractivity contribution in [2.45, 2.75) is 39.8 Å². The fourth-order valence-electron chi connectivity index (χ4n) is 1.61. The van der Waals surface area contributed by atoms with E-state index in [2.05, 4.69) is 10.1 Å². The van der Waals surface area contributed by atoms with E-state index in [-0.39, 0.29) is 12.5 Å². The van der Waals surface area contributed by atoms with Gasteiger partial charge in [0.2, 0.25) is 0 Å². The van der Waals surface area contributed by atoms with Gasteiger partial charge in [0.05, 0.1) is 20.2 Å². The Morgan fingerprint density at radius 2 is 2.00 bits per heavy atom. The minimum absolute atomic E-state index is 0.0740. The monoisotopic (exact) mass is 283 g/mol. The Morgan fingerprint density at radius 3 is 2.55 bits per heavy atom. The van der Waals surface area contributed by atoms with Crippen LogP contribution in [0.5, 0.6) is 0 Å². The fraction of sp³-hybridized carbons (Fsp3) is 0.571. The van der Waals surface area contributed by atoms with Crippen LogP contribution in [0.25, 0.3) is 0 Å². The molecule has 0 aliphatic rings. The van der Waals surface area contributed by atoms with Crippen molar-refractivity contribution in [1.29, 1.82) is 0 Å². The molecule has 0 bridgehead atoms. The van der Waals surface area contributed by atoms with Crippen molar-refractivity contribution in [3.8, 4) is 0 Å². The van der Waals surface area contributed by atoms with Gasteiger partial charge in [-0.05, 0) is 33.8 Å². The van der Waals surface area contributed by atoms with E-state index in [4.69, 9.17) is 9.15 Å². The van der Waals surface area contributed by atoms with Crippen LogP contribution in [0, 0.1) is 6.92 Å². The average molecular weight is 283 g/mol. The Bertz CT molecular complexity index is 484. The first-order chi connectivity index (χ1) is 9.23. The molecule has 1 aromatic rings. The Hall–Kier alpha value is -1.82. The summed E-state index contributed by atoms with van der Waals surface area (Å²) < 4.78 is 15.2. The van der Waals surface area contributed by atoms with Crippen molar-refractivity contribution in [2.24, 2.45) is 0 Å². The maximum absolute atomic E-state index is 11.5. The number of aryl methyl sites for hydroxylation is 1. The molecule has 112 valence electrons. The number of hydrogen-bond acceptors (Lipinski definition) is 6. The second-order valence-electron chi connectivity index (χ2n) is 5.36. The van der Waals surface area contributed by atoms with E-state index in [1.807, 2.05) is 20.8 Å². The van der Waals surface area contributed by atoms with Crippen LogP contribution >= 0.6 is 0 Å². The number of ether oxygens (including phenoxy) is 2. The van der Waals surface area contributed by atoms with E-state index in [1.165, 1.54) is 7.11 Å². The average Bonchev–Trinajstić information content (AvgIpc) is 2.67. The van der Waals surface area contributed by atoms with Gasteiger partial charge in [0.25, 0.3) is 0 Å². The van der Waals surface area contributed by atoms with Crippen molar-refractivity contribution in [1.82, 2.24) is 5.32 Å². The van der Waals surface area contributed by atoms with E-state index in [1.54, 1.807) is 13.0 Å². The summed E-state index contributed by atoms with van der Waals surface area (Å²) in [5.74, 6) is 0.274. The standard InChI is InChI=1S/C14H21NO5/c1-9-11(13(17)18-5)6-10(19-9)7-15-8-12(16)20-14(2,3)4/h6,15H,7-8H2,1-5H3. The minimum atomic E-state index is -0.502. The molecule has 6 heteroatoms. The molecule has 0 saturated heterocycles. The highest BCUT2D eigenvalue weighted by molar-refractivity contribution is 5.90. The van der Waals surface area contributed by atoms with Crippen LogP contribution in [0.15, 0.2) is 10.5 Å². The molecule has 0 aromatic carbocycles. The quantitative estimate of drug-likeness (QED) is 0.830. The molecule has 1 heterocycles. The highest BCUT2D eigenvalue weighted by Gasteiger charge is 2.17. The number of nitrogens with one attached hydrogen (secondary N) is 1. The largest absolute Gasteiger partial charge is 0.465 e. The Morgan fingerprint density at radius 1 is 1.35 bits per heavy atom. The number of furan rings is 1. The van der Waals surface area contributed by atoms with Crippen molar-refractivity contribution >= 4 is 11.9 Å². The minimum Gasteiger partial charge on any atom is -0.465 e. The SMILES string of the molecule is COC(=O)c1cc(CNCC(=O)OC(C)(C)C)oc1C. The lowest BCUT2D eigenvalue weighted by molar-refractivity contribution is -0.153. The highest BCUT2D eigenvalue weighted by atomic mass is 16.6. The van der Waals surface area contributed by atoms with Gasteiger partial charge in [0.15, 0.2) is 0 Å². The summed E-state index contributed by atoms with van der Waals surface area (Å²) in [5, 5.41) is 2.90. The molecule has 0 aliphatic carbocycles. The molecule has 1 N–H and O–H groups in total. The number of esters is 2. The van der Waals surface area contributed by atoms with E-state index in [0.717, 1.165) is 0 Å². The number of carbonyl (C=O) groups excluding carboxylic acids is 2. The van der Waals surface area contributed by atoms with Crippen molar-refractivity contribution in [3.63, 3.8) is 0 Å². The van der Waals surface area contributed by atoms with E-state index >= 15 is 0 Å². The van der Waals surface area contributed by atoms with Gasteiger partial charge in [-0.15, -0.1) is 0 Å². The fourth-order valence-corrected chi connectivity index (χ4v) is 1.61. The third-order valence-electron chi connectivity index (χ3n) is 2.36. The molecule has 1 rings (SSSR count). The lowest BCUT2D eigenvalue weighted by Crippen LogP contribution is -2.31. The maximum Gasteiger partial charge on any atom is 0.341 e. The molecular formula is C14H21NO5. The number of carbonyl (C=O) groups is 2. The zero-order valence-electron chi connectivity index (χ0n) is 12.5. The summed E-state index contributed by atoms with van der Waals surface area (Å²) in [6.45, 7) is 7.52. The normalized spacial score (nSPS) is 11.2. The molecule has 6 nitrogen and oxygen atoms in total. The van der Waals surface area contributed by atoms with Crippen LogP contribution in [0.3, 0.4) is 0 Å². The summed E-state index contributed by atoms with van der Waals surface area (Å²) in [7, 11) is 1.31. The molecule has 0 amide bonds. The van der Waals surface area contributed by atoms with Gasteiger partial charge < -0.3 is 13.9 Å². The smallest absolute Gasteiger partial charge is 0.341 e. The van der Waals surface area contributed by atoms with Crippen LogP contribution in [0.2, 0.25) is 0 Å². The van der Waals surface area contributed by atoms with Gasteiger partial charge in [-0.1, -0.05) is 0 Å². The predicted octanol–water partition coefficient (Wildman–Crippen LogP) is 1.81. The van der Waals surface area contributed by atoms with Crippen molar-refractivity contribution in [3.05, 3.63) is 23.2 Å². The van der Waals surface area contributed by atoms with Crippen LogP contribution in [0.4, 0.5) is 0 Å².